The van der Waals surface area contributed by atoms with E-state index in [4.69, 9.17) is 23.2 Å². The van der Waals surface area contributed by atoms with Crippen molar-refractivity contribution >= 4 is 46.3 Å². The van der Waals surface area contributed by atoms with Crippen molar-refractivity contribution in [3.63, 3.8) is 0 Å². The van der Waals surface area contributed by atoms with E-state index in [1.807, 2.05) is 0 Å². The Morgan fingerprint density at radius 3 is 2.64 bits per heavy atom. The van der Waals surface area contributed by atoms with Crippen LogP contribution in [-0.2, 0) is 17.9 Å². The van der Waals surface area contributed by atoms with Crippen molar-refractivity contribution in [3.8, 4) is 0 Å². The van der Waals surface area contributed by atoms with Gasteiger partial charge in [-0.25, -0.2) is 4.68 Å². The van der Waals surface area contributed by atoms with E-state index in [-0.39, 0.29) is 17.3 Å². The van der Waals surface area contributed by atoms with E-state index in [0.717, 1.165) is 22.6 Å². The number of nitrogens with zero attached hydrogens (tertiary/aromatic N) is 3. The molecule has 1 amide bonds. The van der Waals surface area contributed by atoms with E-state index in [1.165, 1.54) is 4.57 Å². The zero-order chi connectivity index (χ0) is 18.0. The lowest BCUT2D eigenvalue weighted by atomic mass is 10.2. The predicted octanol–water partition coefficient (Wildman–Crippen LogP) is 3.41. The van der Waals surface area contributed by atoms with Crippen LogP contribution >= 0.6 is 34.5 Å². The molecular formula is C16H14Cl2N4O2S. The first kappa shape index (κ1) is 17.7. The molecule has 0 fully saturated rings. The minimum atomic E-state index is -0.310. The normalized spacial score (nSPS) is 10.8. The molecule has 6 nitrogen and oxygen atoms in total. The summed E-state index contributed by atoms with van der Waals surface area (Å²) in [5.41, 5.74) is 1.47. The Kier molecular flexibility index (Phi) is 5.27. The molecule has 2 aromatic heterocycles. The van der Waals surface area contributed by atoms with Gasteiger partial charge in [-0.3, -0.25) is 14.2 Å². The van der Waals surface area contributed by atoms with E-state index in [2.05, 4.69) is 10.4 Å². The molecule has 0 radical (unpaired) electrons. The Morgan fingerprint density at radius 2 is 2.00 bits per heavy atom. The lowest BCUT2D eigenvalue weighted by Gasteiger charge is -2.12. The number of aromatic nitrogens is 3. The summed E-state index contributed by atoms with van der Waals surface area (Å²) in [4.78, 5) is 23.8. The molecule has 0 aliphatic heterocycles. The number of carbonyl (C=O) groups excluding carboxylic acids is 1. The van der Waals surface area contributed by atoms with Gasteiger partial charge in [-0.1, -0.05) is 40.6 Å². The molecular weight excluding hydrogens is 383 g/mol. The summed E-state index contributed by atoms with van der Waals surface area (Å²) in [7, 11) is 0. The van der Waals surface area contributed by atoms with Crippen LogP contribution in [0.15, 0.2) is 40.6 Å². The number of halogens is 2. The van der Waals surface area contributed by atoms with Gasteiger partial charge >= 0.3 is 4.87 Å². The minimum absolute atomic E-state index is 0.0494. The number of nitrogens with one attached hydrogen (secondary N) is 1. The van der Waals surface area contributed by atoms with Crippen LogP contribution in [0.25, 0.3) is 0 Å². The third-order valence-electron chi connectivity index (χ3n) is 3.63. The van der Waals surface area contributed by atoms with Gasteiger partial charge in [0.25, 0.3) is 0 Å². The lowest BCUT2D eigenvalue weighted by molar-refractivity contribution is -0.116. The van der Waals surface area contributed by atoms with Gasteiger partial charge in [0.15, 0.2) is 0 Å². The van der Waals surface area contributed by atoms with Crippen LogP contribution in [0.5, 0.6) is 0 Å². The highest BCUT2D eigenvalue weighted by atomic mass is 35.5. The number of aryl methyl sites for hydroxylation is 1. The Bertz CT molecular complexity index is 956. The molecule has 0 spiro atoms. The number of anilines is 1. The average molecular weight is 397 g/mol. The van der Waals surface area contributed by atoms with Gasteiger partial charge in [-0.05, 0) is 19.1 Å². The SMILES string of the molecule is Cc1csc(=O)n1CC(=O)Nc1ccnn1Cc1c(Cl)cccc1Cl. The second kappa shape index (κ2) is 7.43. The van der Waals surface area contributed by atoms with E-state index < -0.39 is 0 Å². The molecule has 0 atom stereocenters. The van der Waals surface area contributed by atoms with Crippen LogP contribution in [0.2, 0.25) is 10.0 Å². The van der Waals surface area contributed by atoms with Crippen molar-refractivity contribution < 1.29 is 4.79 Å². The Hall–Kier alpha value is -2.09. The number of benzene rings is 1. The van der Waals surface area contributed by atoms with Gasteiger partial charge < -0.3 is 5.32 Å². The molecule has 130 valence electrons. The first-order valence-corrected chi connectivity index (χ1v) is 8.98. The highest BCUT2D eigenvalue weighted by Crippen LogP contribution is 2.25. The predicted molar refractivity (Wildman–Crippen MR) is 99.7 cm³/mol. The van der Waals surface area contributed by atoms with Crippen molar-refractivity contribution in [2.45, 2.75) is 20.0 Å². The molecule has 1 N–H and O–H groups in total. The van der Waals surface area contributed by atoms with Gasteiger partial charge in [0.2, 0.25) is 5.91 Å². The zero-order valence-corrected chi connectivity index (χ0v) is 15.5. The summed E-state index contributed by atoms with van der Waals surface area (Å²) in [5.74, 6) is 0.192. The molecule has 0 unspecified atom stereocenters. The maximum Gasteiger partial charge on any atom is 0.307 e. The van der Waals surface area contributed by atoms with Crippen molar-refractivity contribution in [1.82, 2.24) is 14.3 Å². The third kappa shape index (κ3) is 3.95. The van der Waals surface area contributed by atoms with Gasteiger partial charge in [0.1, 0.15) is 12.4 Å². The molecule has 3 rings (SSSR count). The number of rotatable bonds is 5. The minimum Gasteiger partial charge on any atom is -0.309 e. The number of carbonyl (C=O) groups is 1. The van der Waals surface area contributed by atoms with E-state index in [9.17, 15) is 9.59 Å². The van der Waals surface area contributed by atoms with Crippen molar-refractivity contribution in [1.29, 1.82) is 0 Å². The van der Waals surface area contributed by atoms with Crippen LogP contribution < -0.4 is 10.2 Å². The second-order valence-electron chi connectivity index (χ2n) is 5.35. The van der Waals surface area contributed by atoms with Gasteiger partial charge in [0, 0.05) is 32.7 Å². The Morgan fingerprint density at radius 1 is 1.28 bits per heavy atom. The molecule has 0 saturated carbocycles. The first-order chi connectivity index (χ1) is 12.0. The molecule has 0 aliphatic rings. The summed E-state index contributed by atoms with van der Waals surface area (Å²) in [6.07, 6.45) is 1.57. The van der Waals surface area contributed by atoms with E-state index >= 15 is 0 Å². The van der Waals surface area contributed by atoms with Gasteiger partial charge in [0.05, 0.1) is 12.7 Å². The zero-order valence-electron chi connectivity index (χ0n) is 13.2. The van der Waals surface area contributed by atoms with E-state index in [0.29, 0.717) is 22.4 Å². The molecule has 2 heterocycles. The monoisotopic (exact) mass is 396 g/mol. The first-order valence-electron chi connectivity index (χ1n) is 7.35. The molecule has 1 aromatic carbocycles. The van der Waals surface area contributed by atoms with Gasteiger partial charge in [-0.2, -0.15) is 5.10 Å². The number of thiazole rings is 1. The third-order valence-corrected chi connectivity index (χ3v) is 5.22. The fourth-order valence-corrected chi connectivity index (χ4v) is 3.57. The topological polar surface area (TPSA) is 68.9 Å². The fourth-order valence-electron chi connectivity index (χ4n) is 2.32. The Balaban J connectivity index is 1.76. The smallest absolute Gasteiger partial charge is 0.307 e. The highest BCUT2D eigenvalue weighted by molar-refractivity contribution is 7.07. The summed E-state index contributed by atoms with van der Waals surface area (Å²) in [6, 6.07) is 6.93. The van der Waals surface area contributed by atoms with Crippen molar-refractivity contribution in [2.75, 3.05) is 5.32 Å². The van der Waals surface area contributed by atoms with Crippen LogP contribution in [0.1, 0.15) is 11.3 Å². The van der Waals surface area contributed by atoms with Crippen molar-refractivity contribution in [2.24, 2.45) is 0 Å². The summed E-state index contributed by atoms with van der Waals surface area (Å²) in [6.45, 7) is 2.06. The Labute approximate surface area is 157 Å². The largest absolute Gasteiger partial charge is 0.309 e. The second-order valence-corrected chi connectivity index (χ2v) is 6.99. The van der Waals surface area contributed by atoms with Crippen LogP contribution in [0, 0.1) is 6.92 Å². The van der Waals surface area contributed by atoms with Crippen LogP contribution in [0.4, 0.5) is 5.82 Å². The molecule has 9 heteroatoms. The van der Waals surface area contributed by atoms with Gasteiger partial charge in [-0.15, -0.1) is 0 Å². The van der Waals surface area contributed by atoms with Crippen molar-refractivity contribution in [3.05, 3.63) is 66.8 Å². The molecule has 0 aliphatic carbocycles. The number of amides is 1. The lowest BCUT2D eigenvalue weighted by Crippen LogP contribution is -2.26. The van der Waals surface area contributed by atoms with Crippen LogP contribution in [-0.4, -0.2) is 20.3 Å². The molecule has 25 heavy (non-hydrogen) atoms. The molecule has 3 aromatic rings. The average Bonchev–Trinajstić information content (AvgIpc) is 3.12. The van der Waals surface area contributed by atoms with E-state index in [1.54, 1.807) is 47.4 Å². The fraction of sp³-hybridized carbons (Fsp3) is 0.188. The summed E-state index contributed by atoms with van der Waals surface area (Å²) < 4.78 is 3.01. The quantitative estimate of drug-likeness (QED) is 0.718. The number of hydrogen-bond donors (Lipinski definition) is 1. The maximum atomic E-state index is 12.3. The van der Waals surface area contributed by atoms with Crippen LogP contribution in [0.3, 0.4) is 0 Å². The molecule has 0 bridgehead atoms. The highest BCUT2D eigenvalue weighted by Gasteiger charge is 2.13. The summed E-state index contributed by atoms with van der Waals surface area (Å²) in [5, 5.41) is 9.74. The summed E-state index contributed by atoms with van der Waals surface area (Å²) >= 11 is 13.4. The molecule has 0 saturated heterocycles. The number of hydrogen-bond acceptors (Lipinski definition) is 4. The maximum absolute atomic E-state index is 12.3. The standard InChI is InChI=1S/C16H14Cl2N4O2S/c1-10-9-25-16(24)21(10)8-15(23)20-14-5-6-19-22(14)7-11-12(17)3-2-4-13(11)18/h2-6,9H,7-8H2,1H3,(H,20,23).